The third-order valence-corrected chi connectivity index (χ3v) is 1.64. The summed E-state index contributed by atoms with van der Waals surface area (Å²) in [6.45, 7) is 3.59. The van der Waals surface area contributed by atoms with Crippen molar-refractivity contribution < 1.29 is 9.53 Å². The van der Waals surface area contributed by atoms with Gasteiger partial charge in [0.2, 0.25) is 0 Å². The number of hydrogen-bond acceptors (Lipinski definition) is 4. The van der Waals surface area contributed by atoms with Crippen molar-refractivity contribution in [1.82, 2.24) is 0 Å². The van der Waals surface area contributed by atoms with E-state index in [4.69, 9.17) is 15.4 Å². The molecule has 13 heavy (non-hydrogen) atoms. The molecule has 4 heteroatoms. The van der Waals surface area contributed by atoms with Crippen LogP contribution in [0, 0.1) is 22.7 Å². The molecule has 1 atom stereocenters. The third kappa shape index (κ3) is 4.26. The van der Waals surface area contributed by atoms with Crippen molar-refractivity contribution in [3.63, 3.8) is 0 Å². The van der Waals surface area contributed by atoms with Gasteiger partial charge in [-0.1, -0.05) is 0 Å². The molecule has 0 amide bonds. The van der Waals surface area contributed by atoms with Crippen LogP contribution in [0.15, 0.2) is 0 Å². The smallest absolute Gasteiger partial charge is 0.314 e. The fourth-order valence-corrected chi connectivity index (χ4v) is 0.963. The van der Waals surface area contributed by atoms with Crippen LogP contribution >= 0.6 is 0 Å². The number of rotatable bonds is 5. The maximum Gasteiger partial charge on any atom is 0.314 e. The number of ether oxygens (including phenoxy) is 1. The molecule has 72 valence electrons. The normalized spacial score (nSPS) is 11.5. The zero-order valence-electron chi connectivity index (χ0n) is 7.96. The van der Waals surface area contributed by atoms with Crippen molar-refractivity contribution in [2.75, 3.05) is 6.61 Å². The lowest BCUT2D eigenvalue weighted by Crippen LogP contribution is -2.23. The lowest BCUT2D eigenvalue weighted by molar-refractivity contribution is -0.145. The van der Waals surface area contributed by atoms with E-state index in [0.717, 1.165) is 0 Å². The molecule has 0 radical (unpaired) electrons. The molecule has 0 spiro atoms. The van der Waals surface area contributed by atoms with Crippen molar-refractivity contribution >= 4 is 11.7 Å². The minimum absolute atomic E-state index is 0.258. The highest BCUT2D eigenvalue weighted by atomic mass is 16.5. The van der Waals surface area contributed by atoms with Crippen LogP contribution in [0.1, 0.15) is 26.7 Å². The molecule has 0 aromatic rings. The van der Waals surface area contributed by atoms with Crippen LogP contribution in [0.4, 0.5) is 0 Å². The van der Waals surface area contributed by atoms with Gasteiger partial charge in [-0.15, -0.1) is 0 Å². The summed E-state index contributed by atoms with van der Waals surface area (Å²) in [6, 6.07) is 1.95. The first-order valence-electron chi connectivity index (χ1n) is 4.22. The fourth-order valence-electron chi connectivity index (χ4n) is 0.963. The van der Waals surface area contributed by atoms with Crippen LogP contribution in [-0.2, 0) is 9.53 Å². The molecule has 4 nitrogen and oxygen atoms in total. The SMILES string of the molecule is CCOC(=O)C(CCC#N)C(C)=N. The van der Waals surface area contributed by atoms with Gasteiger partial charge in [0.15, 0.2) is 0 Å². The number of nitriles is 1. The average Bonchev–Trinajstić information content (AvgIpc) is 2.05. The highest BCUT2D eigenvalue weighted by molar-refractivity contribution is 5.99. The highest BCUT2D eigenvalue weighted by Gasteiger charge is 2.21. The predicted molar refractivity (Wildman–Crippen MR) is 48.4 cm³/mol. The van der Waals surface area contributed by atoms with Crippen molar-refractivity contribution in [1.29, 1.82) is 10.7 Å². The molecule has 0 aliphatic carbocycles. The van der Waals surface area contributed by atoms with Gasteiger partial charge < -0.3 is 10.1 Å². The number of hydrogen-bond donors (Lipinski definition) is 1. The zero-order valence-corrected chi connectivity index (χ0v) is 7.96. The molecule has 0 aliphatic heterocycles. The van der Waals surface area contributed by atoms with Crippen LogP contribution in [0.2, 0.25) is 0 Å². The summed E-state index contributed by atoms with van der Waals surface area (Å²) in [5.41, 5.74) is 0.258. The van der Waals surface area contributed by atoms with E-state index in [0.29, 0.717) is 13.0 Å². The van der Waals surface area contributed by atoms with Gasteiger partial charge in [-0.3, -0.25) is 4.79 Å². The van der Waals surface area contributed by atoms with Gasteiger partial charge in [-0.2, -0.15) is 5.26 Å². The van der Waals surface area contributed by atoms with Crippen molar-refractivity contribution in [2.45, 2.75) is 26.7 Å². The Bertz CT molecular complexity index is 230. The Labute approximate surface area is 78.0 Å². The van der Waals surface area contributed by atoms with Crippen molar-refractivity contribution in [3.05, 3.63) is 0 Å². The Balaban J connectivity index is 4.17. The van der Waals surface area contributed by atoms with Gasteiger partial charge in [-0.05, 0) is 20.3 Å². The molecule has 1 unspecified atom stereocenters. The van der Waals surface area contributed by atoms with Gasteiger partial charge in [0, 0.05) is 12.1 Å². The van der Waals surface area contributed by atoms with E-state index >= 15 is 0 Å². The van der Waals surface area contributed by atoms with Crippen LogP contribution in [0.5, 0.6) is 0 Å². The molecule has 0 rings (SSSR count). The molecule has 1 N–H and O–H groups in total. The molecule has 0 bridgehead atoms. The zero-order chi connectivity index (χ0) is 10.3. The Morgan fingerprint density at radius 3 is 2.69 bits per heavy atom. The topological polar surface area (TPSA) is 73.9 Å². The number of nitrogens with one attached hydrogen (secondary N) is 1. The molecule has 0 heterocycles. The second-order valence-corrected chi connectivity index (χ2v) is 2.68. The van der Waals surface area contributed by atoms with E-state index in [1.807, 2.05) is 6.07 Å². The van der Waals surface area contributed by atoms with Crippen LogP contribution in [0.25, 0.3) is 0 Å². The Kier molecular flexibility index (Phi) is 5.53. The van der Waals surface area contributed by atoms with E-state index in [1.165, 1.54) is 0 Å². The number of nitrogens with zero attached hydrogens (tertiary/aromatic N) is 1. The number of esters is 1. The summed E-state index contributed by atoms with van der Waals surface area (Å²) in [4.78, 5) is 11.2. The highest BCUT2D eigenvalue weighted by Crippen LogP contribution is 2.09. The Morgan fingerprint density at radius 2 is 2.31 bits per heavy atom. The molecular formula is C9H14N2O2. The lowest BCUT2D eigenvalue weighted by atomic mass is 9.99. The van der Waals surface area contributed by atoms with E-state index in [9.17, 15) is 4.79 Å². The van der Waals surface area contributed by atoms with E-state index in [1.54, 1.807) is 13.8 Å². The molecule has 0 saturated heterocycles. The molecule has 0 aromatic heterocycles. The van der Waals surface area contributed by atoms with Gasteiger partial charge in [0.25, 0.3) is 0 Å². The Hall–Kier alpha value is -1.37. The molecule has 0 saturated carbocycles. The van der Waals surface area contributed by atoms with Gasteiger partial charge in [-0.25, -0.2) is 0 Å². The van der Waals surface area contributed by atoms with Crippen LogP contribution in [-0.4, -0.2) is 18.3 Å². The van der Waals surface area contributed by atoms with Crippen molar-refractivity contribution in [2.24, 2.45) is 5.92 Å². The third-order valence-electron chi connectivity index (χ3n) is 1.64. The lowest BCUT2D eigenvalue weighted by Gasteiger charge is -2.11. The summed E-state index contributed by atoms with van der Waals surface area (Å²) >= 11 is 0. The summed E-state index contributed by atoms with van der Waals surface area (Å²) < 4.78 is 4.77. The first-order chi connectivity index (χ1) is 6.13. The summed E-state index contributed by atoms with van der Waals surface area (Å²) in [7, 11) is 0. The molecule has 0 aromatic carbocycles. The van der Waals surface area contributed by atoms with Gasteiger partial charge in [0.05, 0.1) is 18.6 Å². The fraction of sp³-hybridized carbons (Fsp3) is 0.667. The maximum absolute atomic E-state index is 11.2. The quantitative estimate of drug-likeness (QED) is 0.517. The molecule has 0 aliphatic rings. The predicted octanol–water partition coefficient (Wildman–Crippen LogP) is 1.51. The minimum atomic E-state index is -0.542. The first-order valence-corrected chi connectivity index (χ1v) is 4.22. The largest absolute Gasteiger partial charge is 0.465 e. The van der Waals surface area contributed by atoms with E-state index in [-0.39, 0.29) is 12.1 Å². The second kappa shape index (κ2) is 6.18. The molecular weight excluding hydrogens is 168 g/mol. The van der Waals surface area contributed by atoms with E-state index < -0.39 is 11.9 Å². The summed E-state index contributed by atoms with van der Waals surface area (Å²) in [5.74, 6) is -0.940. The minimum Gasteiger partial charge on any atom is -0.465 e. The number of carbonyl (C=O) groups is 1. The van der Waals surface area contributed by atoms with Crippen LogP contribution < -0.4 is 0 Å². The first kappa shape index (κ1) is 11.6. The summed E-state index contributed by atoms with van der Waals surface area (Å²) in [6.07, 6.45) is 0.657. The van der Waals surface area contributed by atoms with Crippen molar-refractivity contribution in [3.8, 4) is 6.07 Å². The maximum atomic E-state index is 11.2. The molecule has 0 fully saturated rings. The Morgan fingerprint density at radius 1 is 1.69 bits per heavy atom. The second-order valence-electron chi connectivity index (χ2n) is 2.68. The van der Waals surface area contributed by atoms with Crippen LogP contribution in [0.3, 0.4) is 0 Å². The number of carbonyl (C=O) groups excluding carboxylic acids is 1. The monoisotopic (exact) mass is 182 g/mol. The van der Waals surface area contributed by atoms with Gasteiger partial charge >= 0.3 is 5.97 Å². The van der Waals surface area contributed by atoms with Gasteiger partial charge in [0.1, 0.15) is 0 Å². The summed E-state index contributed by atoms with van der Waals surface area (Å²) in [5, 5.41) is 15.7. The van der Waals surface area contributed by atoms with E-state index in [2.05, 4.69) is 0 Å². The average molecular weight is 182 g/mol. The standard InChI is InChI=1S/C9H14N2O2/c1-3-13-9(12)8(7(2)11)5-4-6-10/h8,11H,3-5H2,1-2H3.